The summed E-state index contributed by atoms with van der Waals surface area (Å²) in [5.41, 5.74) is 23.2. The molecule has 2 nitrogen and oxygen atoms in total. The van der Waals surface area contributed by atoms with Gasteiger partial charge in [0.05, 0.1) is 0 Å². The van der Waals surface area contributed by atoms with Crippen LogP contribution in [0.25, 0.3) is 77.9 Å². The SMILES string of the molecule is c1ccc(-c2ccc(-c3cccc(-c4ccc(N(c5ccc(-c6ccccc6)cc5)c5ccc(-c6ccc(N(c7ccc(-c8ccccc8)cc7)c7ccc(-c8ccccc8)cc7)cc6)cc5)cc4)c3)cc2)cc1. The average molecular weight is 945 g/mol. The third-order valence-corrected chi connectivity index (χ3v) is 13.9. The lowest BCUT2D eigenvalue weighted by Crippen LogP contribution is -2.10. The van der Waals surface area contributed by atoms with E-state index in [1.165, 1.54) is 66.8 Å². The standard InChI is InChI=1S/C72H52N2/c1-5-14-53(15-6-1)57-24-26-63(27-25-57)65-22-13-23-66(52-65)64-38-50-72(51-39-64)74(69-44-32-60(33-45-69)56-20-11-4-12-21-56)71-48-36-62(37-49-71)61-34-46-70(47-35-61)73(67-40-28-58(29-41-67)54-16-7-2-8-17-54)68-42-30-59(31-43-68)55-18-9-3-10-19-55/h1-52H. The molecule has 12 rings (SSSR count). The van der Waals surface area contributed by atoms with Gasteiger partial charge in [-0.15, -0.1) is 0 Å². The summed E-state index contributed by atoms with van der Waals surface area (Å²) in [7, 11) is 0. The van der Waals surface area contributed by atoms with E-state index in [1.807, 2.05) is 0 Å². The smallest absolute Gasteiger partial charge is 0.0462 e. The van der Waals surface area contributed by atoms with Gasteiger partial charge in [0.25, 0.3) is 0 Å². The molecule has 0 aromatic heterocycles. The van der Waals surface area contributed by atoms with Crippen LogP contribution in [0.3, 0.4) is 0 Å². The summed E-state index contributed by atoms with van der Waals surface area (Å²) >= 11 is 0. The summed E-state index contributed by atoms with van der Waals surface area (Å²) in [4.78, 5) is 4.68. The summed E-state index contributed by atoms with van der Waals surface area (Å²) in [6, 6.07) is 113. The molecule has 0 N–H and O–H groups in total. The van der Waals surface area contributed by atoms with Crippen LogP contribution in [0, 0.1) is 0 Å². The Morgan fingerprint density at radius 2 is 0.270 bits per heavy atom. The first-order valence-electron chi connectivity index (χ1n) is 25.3. The van der Waals surface area contributed by atoms with E-state index in [0.717, 1.165) is 45.3 Å². The number of benzene rings is 12. The Balaban J connectivity index is 0.835. The van der Waals surface area contributed by atoms with Gasteiger partial charge in [-0.2, -0.15) is 0 Å². The highest BCUT2D eigenvalue weighted by atomic mass is 15.1. The maximum atomic E-state index is 2.35. The molecule has 0 amide bonds. The van der Waals surface area contributed by atoms with Crippen molar-refractivity contribution in [1.29, 1.82) is 0 Å². The Kier molecular flexibility index (Phi) is 12.8. The van der Waals surface area contributed by atoms with Crippen LogP contribution in [-0.4, -0.2) is 0 Å². The fourth-order valence-electron chi connectivity index (χ4n) is 9.97. The van der Waals surface area contributed by atoms with Crippen LogP contribution in [0.2, 0.25) is 0 Å². The first-order valence-corrected chi connectivity index (χ1v) is 25.3. The van der Waals surface area contributed by atoms with Crippen molar-refractivity contribution in [2.45, 2.75) is 0 Å². The second-order valence-corrected chi connectivity index (χ2v) is 18.6. The van der Waals surface area contributed by atoms with E-state index < -0.39 is 0 Å². The Labute approximate surface area is 435 Å². The van der Waals surface area contributed by atoms with Gasteiger partial charge in [0.15, 0.2) is 0 Å². The molecule has 350 valence electrons. The highest BCUT2D eigenvalue weighted by molar-refractivity contribution is 5.84. The minimum atomic E-state index is 1.08. The van der Waals surface area contributed by atoms with E-state index in [0.29, 0.717) is 0 Å². The molecular weight excluding hydrogens is 893 g/mol. The second kappa shape index (κ2) is 20.9. The molecule has 0 saturated carbocycles. The number of hydrogen-bond acceptors (Lipinski definition) is 2. The lowest BCUT2D eigenvalue weighted by Gasteiger charge is -2.27. The monoisotopic (exact) mass is 944 g/mol. The van der Waals surface area contributed by atoms with Gasteiger partial charge in [0, 0.05) is 34.1 Å². The third-order valence-electron chi connectivity index (χ3n) is 13.9. The van der Waals surface area contributed by atoms with Gasteiger partial charge in [-0.1, -0.05) is 237 Å². The Morgan fingerprint density at radius 3 is 0.473 bits per heavy atom. The van der Waals surface area contributed by atoms with E-state index in [4.69, 9.17) is 0 Å². The Hall–Kier alpha value is -9.76. The van der Waals surface area contributed by atoms with E-state index >= 15 is 0 Å². The van der Waals surface area contributed by atoms with Crippen LogP contribution < -0.4 is 9.80 Å². The zero-order valence-electron chi connectivity index (χ0n) is 40.9. The van der Waals surface area contributed by atoms with Crippen LogP contribution in [-0.2, 0) is 0 Å². The molecule has 0 heterocycles. The molecule has 12 aromatic carbocycles. The van der Waals surface area contributed by atoms with Gasteiger partial charge in [-0.25, -0.2) is 0 Å². The Morgan fingerprint density at radius 1 is 0.122 bits per heavy atom. The van der Waals surface area contributed by atoms with Crippen molar-refractivity contribution in [3.63, 3.8) is 0 Å². The number of nitrogens with zero attached hydrogens (tertiary/aromatic N) is 2. The predicted molar refractivity (Wildman–Crippen MR) is 314 cm³/mol. The van der Waals surface area contributed by atoms with Crippen LogP contribution >= 0.6 is 0 Å². The van der Waals surface area contributed by atoms with E-state index in [2.05, 4.69) is 325 Å². The summed E-state index contributed by atoms with van der Waals surface area (Å²) in [6.07, 6.45) is 0. The summed E-state index contributed by atoms with van der Waals surface area (Å²) in [5.74, 6) is 0. The molecule has 0 spiro atoms. The average Bonchev–Trinajstić information content (AvgIpc) is 3.49. The molecule has 12 aromatic rings. The van der Waals surface area contributed by atoms with Crippen molar-refractivity contribution >= 4 is 34.1 Å². The van der Waals surface area contributed by atoms with Crippen molar-refractivity contribution in [2.24, 2.45) is 0 Å². The molecule has 0 saturated heterocycles. The van der Waals surface area contributed by atoms with Crippen molar-refractivity contribution in [1.82, 2.24) is 0 Å². The maximum absolute atomic E-state index is 2.35. The molecule has 0 aliphatic rings. The van der Waals surface area contributed by atoms with Gasteiger partial charge in [-0.05, 0) is 157 Å². The molecule has 0 aliphatic carbocycles. The molecule has 0 atom stereocenters. The highest BCUT2D eigenvalue weighted by Gasteiger charge is 2.17. The number of rotatable bonds is 13. The number of hydrogen-bond donors (Lipinski definition) is 0. The van der Waals surface area contributed by atoms with Crippen molar-refractivity contribution in [3.8, 4) is 77.9 Å². The molecule has 74 heavy (non-hydrogen) atoms. The van der Waals surface area contributed by atoms with E-state index in [1.54, 1.807) is 0 Å². The van der Waals surface area contributed by atoms with Gasteiger partial charge in [0.1, 0.15) is 0 Å². The highest BCUT2D eigenvalue weighted by Crippen LogP contribution is 2.41. The van der Waals surface area contributed by atoms with Gasteiger partial charge in [0.2, 0.25) is 0 Å². The summed E-state index contributed by atoms with van der Waals surface area (Å²) in [6.45, 7) is 0. The van der Waals surface area contributed by atoms with Crippen molar-refractivity contribution in [3.05, 3.63) is 315 Å². The normalized spacial score (nSPS) is 11.0. The molecule has 0 unspecified atom stereocenters. The van der Waals surface area contributed by atoms with Crippen LogP contribution in [0.5, 0.6) is 0 Å². The van der Waals surface area contributed by atoms with E-state index in [-0.39, 0.29) is 0 Å². The lowest BCUT2D eigenvalue weighted by atomic mass is 9.97. The quantitative estimate of drug-likeness (QED) is 0.114. The minimum Gasteiger partial charge on any atom is -0.311 e. The van der Waals surface area contributed by atoms with Crippen molar-refractivity contribution in [2.75, 3.05) is 9.80 Å². The van der Waals surface area contributed by atoms with Crippen molar-refractivity contribution < 1.29 is 0 Å². The molecular formula is C72H52N2. The zero-order valence-corrected chi connectivity index (χ0v) is 40.9. The van der Waals surface area contributed by atoms with Crippen LogP contribution in [0.4, 0.5) is 34.1 Å². The molecule has 0 aliphatic heterocycles. The second-order valence-electron chi connectivity index (χ2n) is 18.6. The topological polar surface area (TPSA) is 6.48 Å². The summed E-state index contributed by atoms with van der Waals surface area (Å²) < 4.78 is 0. The van der Waals surface area contributed by atoms with Gasteiger partial charge in [-0.3, -0.25) is 0 Å². The van der Waals surface area contributed by atoms with E-state index in [9.17, 15) is 0 Å². The van der Waals surface area contributed by atoms with Crippen LogP contribution in [0.1, 0.15) is 0 Å². The largest absolute Gasteiger partial charge is 0.311 e. The Bertz CT molecular complexity index is 3640. The molecule has 0 radical (unpaired) electrons. The maximum Gasteiger partial charge on any atom is 0.0462 e. The van der Waals surface area contributed by atoms with Gasteiger partial charge >= 0.3 is 0 Å². The third kappa shape index (κ3) is 9.81. The molecule has 2 heteroatoms. The molecule has 0 fully saturated rings. The van der Waals surface area contributed by atoms with Gasteiger partial charge < -0.3 is 9.80 Å². The predicted octanol–water partition coefficient (Wildman–Crippen LogP) is 20.3. The minimum absolute atomic E-state index is 1.08. The lowest BCUT2D eigenvalue weighted by molar-refractivity contribution is 1.28. The number of anilines is 6. The fraction of sp³-hybridized carbons (Fsp3) is 0. The first-order chi connectivity index (χ1) is 36.7. The van der Waals surface area contributed by atoms with Crippen LogP contribution in [0.15, 0.2) is 315 Å². The molecule has 0 bridgehead atoms. The zero-order chi connectivity index (χ0) is 49.5. The fourth-order valence-corrected chi connectivity index (χ4v) is 9.97. The first kappa shape index (κ1) is 45.4. The summed E-state index contributed by atoms with van der Waals surface area (Å²) in [5, 5.41) is 0.